The normalized spacial score (nSPS) is 17.5. The van der Waals surface area contributed by atoms with E-state index in [0.717, 1.165) is 19.0 Å². The van der Waals surface area contributed by atoms with Crippen LogP contribution in [-0.2, 0) is 0 Å². The van der Waals surface area contributed by atoms with Crippen LogP contribution >= 0.6 is 0 Å². The predicted octanol–water partition coefficient (Wildman–Crippen LogP) is 6.41. The second kappa shape index (κ2) is 9.47. The lowest BCUT2D eigenvalue weighted by Crippen LogP contribution is -2.75. The summed E-state index contributed by atoms with van der Waals surface area (Å²) >= 11 is 0. The van der Waals surface area contributed by atoms with Crippen LogP contribution in [0.25, 0.3) is 0 Å². The Morgan fingerprint density at radius 3 is 1.11 bits per heavy atom. The zero-order valence-corrected chi connectivity index (χ0v) is 17.3. The Kier molecular flexibility index (Phi) is 9.03. The number of likely N-dealkylation sites (N-methyl/N-ethyl adjacent to an activating group) is 1. The number of aliphatic hydroxyl groups is 1. The number of rotatable bonds is 11. The second-order valence-corrected chi connectivity index (χ2v) is 7.44. The van der Waals surface area contributed by atoms with Crippen molar-refractivity contribution in [1.29, 1.82) is 0 Å². The predicted molar refractivity (Wildman–Crippen MR) is 79.4 cm³/mol. The van der Waals surface area contributed by atoms with Gasteiger partial charge in [-0.05, 0) is 20.2 Å². The molecule has 0 aliphatic heterocycles. The van der Waals surface area contributed by atoms with Crippen LogP contribution in [0.1, 0.15) is 0 Å². The van der Waals surface area contributed by atoms with Gasteiger partial charge < -0.3 is 10.0 Å². The van der Waals surface area contributed by atoms with Crippen LogP contribution in [0.2, 0.25) is 0 Å². The van der Waals surface area contributed by atoms with Crippen molar-refractivity contribution in [3.8, 4) is 0 Å². The molecule has 0 saturated carbocycles. The number of hydrogen-bond donors (Lipinski definition) is 1. The number of allylic oxidation sites excluding steroid dienone is 1. The standard InChI is InChI=1S/C15H11F20NO/c1-36(2)4-5(37)3-6(16)7(17,18)8(19,20)9(21,22)10(23,24)11(25,26)12(27,28)13(29,30)14(31,32)15(33,34)35/h3,5,37H,4H2,1-2H3. The van der Waals surface area contributed by atoms with E-state index in [4.69, 9.17) is 5.11 Å². The van der Waals surface area contributed by atoms with Gasteiger partial charge in [-0.25, -0.2) is 4.39 Å². The molecular weight excluding hydrogens is 590 g/mol. The Bertz CT molecular complexity index is 841. The van der Waals surface area contributed by atoms with Gasteiger partial charge in [-0.15, -0.1) is 0 Å². The van der Waals surface area contributed by atoms with Gasteiger partial charge in [-0.2, -0.15) is 83.4 Å². The summed E-state index contributed by atoms with van der Waals surface area (Å²) in [6.45, 7) is -0.978. The monoisotopic (exact) mass is 601 g/mol. The minimum Gasteiger partial charge on any atom is -0.388 e. The lowest BCUT2D eigenvalue weighted by Gasteiger charge is -2.43. The molecule has 0 saturated heterocycles. The number of alkyl halides is 19. The SMILES string of the molecule is CN(C)CC(O)C=C(F)C(F)(F)C(F)(F)C(F)(F)C(F)(F)C(F)(F)C(F)(F)C(F)(F)C(F)(F)C(F)(F)F. The van der Waals surface area contributed by atoms with Gasteiger partial charge in [0.05, 0.1) is 6.10 Å². The van der Waals surface area contributed by atoms with E-state index in [-0.39, 0.29) is 0 Å². The molecule has 37 heavy (non-hydrogen) atoms. The molecule has 1 N–H and O–H groups in total. The van der Waals surface area contributed by atoms with E-state index in [1.807, 2.05) is 0 Å². The van der Waals surface area contributed by atoms with Gasteiger partial charge in [-0.1, -0.05) is 0 Å². The average molecular weight is 601 g/mol. The molecule has 1 unspecified atom stereocenters. The van der Waals surface area contributed by atoms with Gasteiger partial charge in [-0.3, -0.25) is 0 Å². The number of aliphatic hydroxyl groups excluding tert-OH is 1. The van der Waals surface area contributed by atoms with Gasteiger partial charge in [0.25, 0.3) is 0 Å². The van der Waals surface area contributed by atoms with E-state index in [9.17, 15) is 87.8 Å². The van der Waals surface area contributed by atoms with E-state index in [0.29, 0.717) is 0 Å². The molecule has 0 bridgehead atoms. The first-order chi connectivity index (χ1) is 15.7. The summed E-state index contributed by atoms with van der Waals surface area (Å²) in [6, 6.07) is 0. The zero-order chi connectivity index (χ0) is 30.6. The van der Waals surface area contributed by atoms with E-state index < -0.39 is 78.1 Å². The van der Waals surface area contributed by atoms with Crippen molar-refractivity contribution in [2.75, 3.05) is 20.6 Å². The van der Waals surface area contributed by atoms with Crippen molar-refractivity contribution in [1.82, 2.24) is 4.90 Å². The number of hydrogen-bond acceptors (Lipinski definition) is 2. The number of nitrogens with zero attached hydrogens (tertiary/aromatic N) is 1. The first-order valence-electron chi connectivity index (χ1n) is 8.53. The highest BCUT2D eigenvalue weighted by atomic mass is 19.4. The molecule has 1 atom stereocenters. The second-order valence-electron chi connectivity index (χ2n) is 7.44. The maximum atomic E-state index is 13.6. The van der Waals surface area contributed by atoms with E-state index in [2.05, 4.69) is 0 Å². The molecule has 0 aromatic heterocycles. The Balaban J connectivity index is 6.93. The molecule has 0 aliphatic rings. The topological polar surface area (TPSA) is 23.5 Å². The molecule has 0 spiro atoms. The van der Waals surface area contributed by atoms with Gasteiger partial charge in [0, 0.05) is 6.54 Å². The minimum atomic E-state index is -9.08. The fourth-order valence-electron chi connectivity index (χ4n) is 2.21. The highest BCUT2D eigenvalue weighted by Crippen LogP contribution is 2.65. The summed E-state index contributed by atoms with van der Waals surface area (Å²) in [4.78, 5) is 0.785. The summed E-state index contributed by atoms with van der Waals surface area (Å²) < 4.78 is 263. The Morgan fingerprint density at radius 1 is 0.568 bits per heavy atom. The third kappa shape index (κ3) is 5.02. The lowest BCUT2D eigenvalue weighted by molar-refractivity contribution is -0.467. The molecule has 0 amide bonds. The Hall–Kier alpha value is -1.74. The molecule has 22 heteroatoms. The van der Waals surface area contributed by atoms with Crippen LogP contribution in [0, 0.1) is 0 Å². The van der Waals surface area contributed by atoms with Crippen molar-refractivity contribution >= 4 is 0 Å². The van der Waals surface area contributed by atoms with E-state index >= 15 is 0 Å². The van der Waals surface area contributed by atoms with Crippen LogP contribution in [0.3, 0.4) is 0 Å². The minimum absolute atomic E-state index is 0.785. The zero-order valence-electron chi connectivity index (χ0n) is 17.3. The van der Waals surface area contributed by atoms with Crippen LogP contribution in [0.5, 0.6) is 0 Å². The highest BCUT2D eigenvalue weighted by molar-refractivity contribution is 5.21. The highest BCUT2D eigenvalue weighted by Gasteiger charge is 2.96. The summed E-state index contributed by atoms with van der Waals surface area (Å²) in [5.74, 6) is -72.8. The molecule has 0 aliphatic carbocycles. The van der Waals surface area contributed by atoms with Crippen LogP contribution < -0.4 is 0 Å². The fourth-order valence-corrected chi connectivity index (χ4v) is 2.21. The summed E-state index contributed by atoms with van der Waals surface area (Å²) in [7, 11) is 1.99. The van der Waals surface area contributed by atoms with Gasteiger partial charge in [0.15, 0.2) is 5.83 Å². The van der Waals surface area contributed by atoms with Gasteiger partial charge in [0.1, 0.15) is 0 Å². The first-order valence-corrected chi connectivity index (χ1v) is 8.53. The molecule has 0 rings (SSSR count). The van der Waals surface area contributed by atoms with Gasteiger partial charge >= 0.3 is 53.6 Å². The van der Waals surface area contributed by atoms with Crippen LogP contribution in [0.15, 0.2) is 11.9 Å². The van der Waals surface area contributed by atoms with Crippen molar-refractivity contribution in [3.05, 3.63) is 11.9 Å². The average Bonchev–Trinajstić information content (AvgIpc) is 2.64. The van der Waals surface area contributed by atoms with Crippen molar-refractivity contribution in [2.24, 2.45) is 0 Å². The summed E-state index contributed by atoms with van der Waals surface area (Å²) in [6.07, 6.45) is -11.7. The third-order valence-corrected chi connectivity index (χ3v) is 4.31. The maximum absolute atomic E-state index is 13.6. The molecule has 222 valence electrons. The Labute approximate surface area is 191 Å². The quantitative estimate of drug-likeness (QED) is 0.277. The molecule has 0 radical (unpaired) electrons. The lowest BCUT2D eigenvalue weighted by atomic mass is 9.87. The number of halogens is 20. The molecule has 2 nitrogen and oxygen atoms in total. The summed E-state index contributed by atoms with van der Waals surface area (Å²) in [5.41, 5.74) is 0. The largest absolute Gasteiger partial charge is 0.460 e. The van der Waals surface area contributed by atoms with Crippen molar-refractivity contribution in [3.63, 3.8) is 0 Å². The molecule has 0 aromatic carbocycles. The third-order valence-electron chi connectivity index (χ3n) is 4.31. The molecule has 0 fully saturated rings. The fraction of sp³-hybridized carbons (Fsp3) is 0.867. The van der Waals surface area contributed by atoms with Crippen molar-refractivity contribution in [2.45, 2.75) is 59.7 Å². The van der Waals surface area contributed by atoms with Crippen molar-refractivity contribution < 1.29 is 92.9 Å². The van der Waals surface area contributed by atoms with E-state index in [1.54, 1.807) is 0 Å². The maximum Gasteiger partial charge on any atom is 0.460 e. The molecule has 0 aromatic rings. The molecule has 0 heterocycles. The van der Waals surface area contributed by atoms with Crippen LogP contribution in [0.4, 0.5) is 87.8 Å². The summed E-state index contributed by atoms with van der Waals surface area (Å²) in [5, 5.41) is 9.11. The molecular formula is C15H11F20NO. The Morgan fingerprint density at radius 2 is 0.838 bits per heavy atom. The first kappa shape index (κ1) is 35.3. The van der Waals surface area contributed by atoms with Crippen LogP contribution in [-0.4, -0.2) is 90.3 Å². The smallest absolute Gasteiger partial charge is 0.388 e. The van der Waals surface area contributed by atoms with Gasteiger partial charge in [0.2, 0.25) is 0 Å². The van der Waals surface area contributed by atoms with E-state index in [1.165, 1.54) is 0 Å².